The highest BCUT2D eigenvalue weighted by Gasteiger charge is 2.12. The third kappa shape index (κ3) is 4.23. The summed E-state index contributed by atoms with van der Waals surface area (Å²) in [6, 6.07) is 18.8. The summed E-state index contributed by atoms with van der Waals surface area (Å²) in [7, 11) is 0. The average Bonchev–Trinajstić information content (AvgIpc) is 2.60. The molecule has 0 unspecified atom stereocenters. The molecule has 126 valence electrons. The van der Waals surface area contributed by atoms with Gasteiger partial charge in [0.05, 0.1) is 11.3 Å². The molecule has 25 heavy (non-hydrogen) atoms. The number of aryl methyl sites for hydroxylation is 2. The second-order valence-electron chi connectivity index (χ2n) is 6.04. The van der Waals surface area contributed by atoms with Crippen LogP contribution in [0.1, 0.15) is 27.0 Å². The smallest absolute Gasteiger partial charge is 0.335 e. The number of carboxylic acid groups (broad SMARTS) is 1. The van der Waals surface area contributed by atoms with Crippen molar-refractivity contribution < 1.29 is 14.6 Å². The van der Waals surface area contributed by atoms with Crippen molar-refractivity contribution in [2.24, 2.45) is 0 Å². The topological polar surface area (TPSA) is 59.4 Å². The number of nitrogens with zero attached hydrogens (tertiary/aromatic N) is 1. The summed E-state index contributed by atoms with van der Waals surface area (Å²) < 4.78 is 5.73. The van der Waals surface area contributed by atoms with Gasteiger partial charge in [-0.25, -0.2) is 9.78 Å². The summed E-state index contributed by atoms with van der Waals surface area (Å²) >= 11 is 0. The highest BCUT2D eigenvalue weighted by Crippen LogP contribution is 2.25. The van der Waals surface area contributed by atoms with Gasteiger partial charge in [-0.05, 0) is 37.6 Å². The molecular formula is C21H19NO3. The Morgan fingerprint density at radius 1 is 1.00 bits per heavy atom. The standard InChI is InChI=1S/C21H19NO3/c1-14-8-15(2)10-17(9-14)19-11-18(21(23)24)12-20(22-19)25-13-16-6-4-3-5-7-16/h3-12H,13H2,1-2H3,(H,23,24). The number of aromatic nitrogens is 1. The normalized spacial score (nSPS) is 10.5. The van der Waals surface area contributed by atoms with Crippen molar-refractivity contribution in [3.63, 3.8) is 0 Å². The molecule has 0 atom stereocenters. The van der Waals surface area contributed by atoms with E-state index in [1.807, 2.05) is 56.3 Å². The fourth-order valence-electron chi connectivity index (χ4n) is 2.70. The van der Waals surface area contributed by atoms with Crippen molar-refractivity contribution >= 4 is 5.97 Å². The van der Waals surface area contributed by atoms with Gasteiger partial charge in [0.1, 0.15) is 6.61 Å². The van der Waals surface area contributed by atoms with E-state index in [1.165, 1.54) is 6.07 Å². The van der Waals surface area contributed by atoms with E-state index < -0.39 is 5.97 Å². The zero-order valence-electron chi connectivity index (χ0n) is 14.2. The zero-order chi connectivity index (χ0) is 17.8. The first kappa shape index (κ1) is 16.7. The molecule has 0 bridgehead atoms. The molecule has 0 saturated heterocycles. The lowest BCUT2D eigenvalue weighted by Crippen LogP contribution is -2.03. The lowest BCUT2D eigenvalue weighted by molar-refractivity contribution is 0.0696. The summed E-state index contributed by atoms with van der Waals surface area (Å²) in [4.78, 5) is 16.0. The molecule has 1 aromatic heterocycles. The molecule has 0 radical (unpaired) electrons. The number of hydrogen-bond donors (Lipinski definition) is 1. The first-order valence-electron chi connectivity index (χ1n) is 8.02. The second-order valence-corrected chi connectivity index (χ2v) is 6.04. The van der Waals surface area contributed by atoms with E-state index in [0.717, 1.165) is 22.3 Å². The first-order chi connectivity index (χ1) is 12.0. The monoisotopic (exact) mass is 333 g/mol. The van der Waals surface area contributed by atoms with Crippen molar-refractivity contribution in [1.82, 2.24) is 4.98 Å². The Kier molecular flexibility index (Phi) is 4.80. The van der Waals surface area contributed by atoms with Gasteiger partial charge in [0.2, 0.25) is 5.88 Å². The van der Waals surface area contributed by atoms with E-state index in [9.17, 15) is 9.90 Å². The molecule has 0 amide bonds. The molecule has 1 N–H and O–H groups in total. The van der Waals surface area contributed by atoms with Crippen LogP contribution in [0.3, 0.4) is 0 Å². The first-order valence-corrected chi connectivity index (χ1v) is 8.02. The molecule has 2 aromatic carbocycles. The Morgan fingerprint density at radius 2 is 1.68 bits per heavy atom. The molecule has 0 spiro atoms. The Hall–Kier alpha value is -3.14. The predicted octanol–water partition coefficient (Wildman–Crippen LogP) is 4.64. The Bertz CT molecular complexity index is 884. The Labute approximate surface area is 146 Å². The van der Waals surface area contributed by atoms with Crippen molar-refractivity contribution in [3.8, 4) is 17.1 Å². The van der Waals surface area contributed by atoms with Gasteiger partial charge in [0.25, 0.3) is 0 Å². The van der Waals surface area contributed by atoms with Crippen LogP contribution >= 0.6 is 0 Å². The Morgan fingerprint density at radius 3 is 2.32 bits per heavy atom. The van der Waals surface area contributed by atoms with Crippen LogP contribution in [0.15, 0.2) is 60.7 Å². The summed E-state index contributed by atoms with van der Waals surface area (Å²) in [6.45, 7) is 4.35. The van der Waals surface area contributed by atoms with E-state index in [4.69, 9.17) is 4.74 Å². The van der Waals surface area contributed by atoms with Crippen molar-refractivity contribution in [2.75, 3.05) is 0 Å². The number of carboxylic acids is 1. The number of carbonyl (C=O) groups is 1. The molecule has 1 heterocycles. The lowest BCUT2D eigenvalue weighted by atomic mass is 10.0. The van der Waals surface area contributed by atoms with Crippen LogP contribution in [0.5, 0.6) is 5.88 Å². The number of aromatic carboxylic acids is 1. The van der Waals surface area contributed by atoms with Crippen LogP contribution in [0.2, 0.25) is 0 Å². The number of hydrogen-bond acceptors (Lipinski definition) is 3. The maximum Gasteiger partial charge on any atom is 0.335 e. The van der Waals surface area contributed by atoms with Gasteiger partial charge < -0.3 is 9.84 Å². The molecule has 0 saturated carbocycles. The summed E-state index contributed by atoms with van der Waals surface area (Å²) in [5.41, 5.74) is 4.83. The lowest BCUT2D eigenvalue weighted by Gasteiger charge is -2.10. The third-order valence-corrected chi connectivity index (χ3v) is 3.80. The van der Waals surface area contributed by atoms with E-state index in [-0.39, 0.29) is 5.56 Å². The van der Waals surface area contributed by atoms with Crippen molar-refractivity contribution in [2.45, 2.75) is 20.5 Å². The number of benzene rings is 2. The van der Waals surface area contributed by atoms with E-state index in [2.05, 4.69) is 11.1 Å². The number of pyridine rings is 1. The molecule has 0 aliphatic heterocycles. The minimum atomic E-state index is -1.00. The van der Waals surface area contributed by atoms with Gasteiger partial charge in [-0.1, -0.05) is 47.5 Å². The van der Waals surface area contributed by atoms with Crippen LogP contribution in [0.25, 0.3) is 11.3 Å². The van der Waals surface area contributed by atoms with E-state index >= 15 is 0 Å². The minimum absolute atomic E-state index is 0.159. The molecule has 3 rings (SSSR count). The second kappa shape index (κ2) is 7.18. The molecule has 3 aromatic rings. The number of rotatable bonds is 5. The highest BCUT2D eigenvalue weighted by molar-refractivity contribution is 5.89. The van der Waals surface area contributed by atoms with Gasteiger partial charge in [-0.15, -0.1) is 0 Å². The zero-order valence-corrected chi connectivity index (χ0v) is 14.2. The fourth-order valence-corrected chi connectivity index (χ4v) is 2.70. The molecule has 0 aliphatic rings. The van der Waals surface area contributed by atoms with Gasteiger partial charge in [-0.3, -0.25) is 0 Å². The van der Waals surface area contributed by atoms with Gasteiger partial charge in [0, 0.05) is 11.6 Å². The summed E-state index contributed by atoms with van der Waals surface area (Å²) in [5, 5.41) is 9.39. The molecule has 0 aliphatic carbocycles. The summed E-state index contributed by atoms with van der Waals surface area (Å²) in [5.74, 6) is -0.699. The molecule has 4 heteroatoms. The van der Waals surface area contributed by atoms with Crippen LogP contribution in [0, 0.1) is 13.8 Å². The number of ether oxygens (including phenoxy) is 1. The Balaban J connectivity index is 1.95. The van der Waals surface area contributed by atoms with E-state index in [1.54, 1.807) is 6.07 Å². The summed E-state index contributed by atoms with van der Waals surface area (Å²) in [6.07, 6.45) is 0. The maximum absolute atomic E-state index is 11.5. The predicted molar refractivity (Wildman–Crippen MR) is 96.9 cm³/mol. The largest absolute Gasteiger partial charge is 0.478 e. The van der Waals surface area contributed by atoms with Crippen LogP contribution in [-0.4, -0.2) is 16.1 Å². The van der Waals surface area contributed by atoms with E-state index in [0.29, 0.717) is 18.2 Å². The SMILES string of the molecule is Cc1cc(C)cc(-c2cc(C(=O)O)cc(OCc3ccccc3)n2)c1. The molecule has 0 fully saturated rings. The van der Waals surface area contributed by atoms with Crippen molar-refractivity contribution in [3.05, 3.63) is 82.9 Å². The average molecular weight is 333 g/mol. The van der Waals surface area contributed by atoms with Crippen LogP contribution in [0.4, 0.5) is 0 Å². The maximum atomic E-state index is 11.5. The fraction of sp³-hybridized carbons (Fsp3) is 0.143. The molecule has 4 nitrogen and oxygen atoms in total. The minimum Gasteiger partial charge on any atom is -0.478 e. The quantitative estimate of drug-likeness (QED) is 0.739. The van der Waals surface area contributed by atoms with Gasteiger partial charge in [0.15, 0.2) is 0 Å². The van der Waals surface area contributed by atoms with Crippen LogP contribution in [-0.2, 0) is 6.61 Å². The van der Waals surface area contributed by atoms with Gasteiger partial charge in [-0.2, -0.15) is 0 Å². The third-order valence-electron chi connectivity index (χ3n) is 3.80. The molecular weight excluding hydrogens is 314 g/mol. The van der Waals surface area contributed by atoms with Crippen molar-refractivity contribution in [1.29, 1.82) is 0 Å². The van der Waals surface area contributed by atoms with Crippen LogP contribution < -0.4 is 4.74 Å². The van der Waals surface area contributed by atoms with Gasteiger partial charge >= 0.3 is 5.97 Å². The highest BCUT2D eigenvalue weighted by atomic mass is 16.5.